The summed E-state index contributed by atoms with van der Waals surface area (Å²) in [7, 11) is 4.00. The molecule has 0 aromatic carbocycles. The third-order valence-electron chi connectivity index (χ3n) is 4.39. The number of hydrogen-bond donors (Lipinski definition) is 2. The number of anilines is 1. The molecule has 0 amide bonds. The van der Waals surface area contributed by atoms with Crippen LogP contribution in [0.3, 0.4) is 0 Å². The minimum Gasteiger partial charge on any atom is -0.374 e. The highest BCUT2D eigenvalue weighted by Gasteiger charge is 2.21. The molecule has 1 atom stereocenters. The summed E-state index contributed by atoms with van der Waals surface area (Å²) in [5.41, 5.74) is 1.11. The second kappa shape index (κ2) is 13.2. The van der Waals surface area contributed by atoms with Crippen molar-refractivity contribution in [3.63, 3.8) is 0 Å². The molecule has 1 fully saturated rings. The lowest BCUT2D eigenvalue weighted by Crippen LogP contribution is -2.50. The number of nitrogens with zero attached hydrogens (tertiary/aromatic N) is 4. The summed E-state index contributed by atoms with van der Waals surface area (Å²) in [5, 5.41) is 6.76. The first-order valence-corrected chi connectivity index (χ1v) is 9.97. The van der Waals surface area contributed by atoms with Crippen LogP contribution in [-0.4, -0.2) is 75.4 Å². The standard InChI is InChI=1S/C20H36N6O.HI/c1-6-21-20(23-12-17-8-7-9-22-19(17)25(4)5)24-13-18-15-26(10-11-27-18)14-16(2)3;/h7-9,16,18H,6,10-15H2,1-5H3,(H2,21,23,24);1H. The monoisotopic (exact) mass is 504 g/mol. The van der Waals surface area contributed by atoms with Crippen LogP contribution in [0.25, 0.3) is 0 Å². The van der Waals surface area contributed by atoms with E-state index in [1.165, 1.54) is 0 Å². The first-order chi connectivity index (χ1) is 13.0. The van der Waals surface area contributed by atoms with Gasteiger partial charge in [0.1, 0.15) is 5.82 Å². The molecule has 1 aliphatic heterocycles. The normalized spacial score (nSPS) is 17.9. The molecule has 0 radical (unpaired) electrons. The fourth-order valence-electron chi connectivity index (χ4n) is 3.26. The summed E-state index contributed by atoms with van der Waals surface area (Å²) in [5.74, 6) is 2.45. The van der Waals surface area contributed by atoms with E-state index in [4.69, 9.17) is 9.73 Å². The van der Waals surface area contributed by atoms with E-state index in [-0.39, 0.29) is 30.1 Å². The van der Waals surface area contributed by atoms with Gasteiger partial charge in [-0.1, -0.05) is 19.9 Å². The molecular weight excluding hydrogens is 467 g/mol. The van der Waals surface area contributed by atoms with E-state index < -0.39 is 0 Å². The van der Waals surface area contributed by atoms with Gasteiger partial charge in [-0.3, -0.25) is 4.90 Å². The SMILES string of the molecule is CCNC(=NCc1cccnc1N(C)C)NCC1CN(CC(C)C)CCO1.I. The van der Waals surface area contributed by atoms with Gasteiger partial charge in [0, 0.05) is 58.6 Å². The molecule has 1 aromatic rings. The summed E-state index contributed by atoms with van der Waals surface area (Å²) < 4.78 is 5.93. The average Bonchev–Trinajstić information content (AvgIpc) is 2.64. The Morgan fingerprint density at radius 2 is 2.18 bits per heavy atom. The third-order valence-corrected chi connectivity index (χ3v) is 4.39. The number of halogens is 1. The van der Waals surface area contributed by atoms with E-state index in [0.717, 1.165) is 56.7 Å². The van der Waals surface area contributed by atoms with Crippen molar-refractivity contribution in [2.75, 3.05) is 58.3 Å². The summed E-state index contributed by atoms with van der Waals surface area (Å²) >= 11 is 0. The highest BCUT2D eigenvalue weighted by Crippen LogP contribution is 2.15. The minimum absolute atomic E-state index is 0. The van der Waals surface area contributed by atoms with Gasteiger partial charge in [0.2, 0.25) is 0 Å². The molecule has 28 heavy (non-hydrogen) atoms. The maximum atomic E-state index is 5.93. The zero-order valence-corrected chi connectivity index (χ0v) is 20.3. The molecule has 1 unspecified atom stereocenters. The molecule has 2 N–H and O–H groups in total. The number of nitrogens with one attached hydrogen (secondary N) is 2. The second-order valence-electron chi connectivity index (χ2n) is 7.60. The Labute approximate surface area is 187 Å². The Kier molecular flexibility index (Phi) is 11.7. The Morgan fingerprint density at radius 3 is 2.86 bits per heavy atom. The highest BCUT2D eigenvalue weighted by molar-refractivity contribution is 14.0. The molecule has 8 heteroatoms. The zero-order chi connectivity index (χ0) is 19.6. The number of morpholine rings is 1. The number of hydrogen-bond acceptors (Lipinski definition) is 5. The van der Waals surface area contributed by atoms with Crippen molar-refractivity contribution < 1.29 is 4.74 Å². The number of guanidine groups is 1. The topological polar surface area (TPSA) is 65.0 Å². The number of aromatic nitrogens is 1. The van der Waals surface area contributed by atoms with Gasteiger partial charge in [0.05, 0.1) is 19.3 Å². The zero-order valence-electron chi connectivity index (χ0n) is 17.9. The fourth-order valence-corrected chi connectivity index (χ4v) is 3.26. The number of ether oxygens (including phenoxy) is 1. The lowest BCUT2D eigenvalue weighted by molar-refractivity contribution is -0.0284. The summed E-state index contributed by atoms with van der Waals surface area (Å²) in [6.07, 6.45) is 2.01. The van der Waals surface area contributed by atoms with Gasteiger partial charge in [-0.2, -0.15) is 0 Å². The largest absolute Gasteiger partial charge is 0.374 e. The minimum atomic E-state index is 0. The van der Waals surface area contributed by atoms with Gasteiger partial charge in [-0.05, 0) is 18.9 Å². The molecule has 0 aliphatic carbocycles. The molecule has 0 saturated carbocycles. The molecule has 1 aliphatic rings. The van der Waals surface area contributed by atoms with Crippen molar-refractivity contribution in [3.8, 4) is 0 Å². The summed E-state index contributed by atoms with van der Waals surface area (Å²) in [4.78, 5) is 13.7. The predicted octanol–water partition coefficient (Wildman–Crippen LogP) is 2.18. The molecule has 7 nitrogen and oxygen atoms in total. The van der Waals surface area contributed by atoms with Crippen LogP contribution in [0.5, 0.6) is 0 Å². The maximum Gasteiger partial charge on any atom is 0.191 e. The van der Waals surface area contributed by atoms with Crippen LogP contribution < -0.4 is 15.5 Å². The van der Waals surface area contributed by atoms with Gasteiger partial charge < -0.3 is 20.3 Å². The van der Waals surface area contributed by atoms with Crippen molar-refractivity contribution >= 4 is 35.8 Å². The number of pyridine rings is 1. The first kappa shape index (κ1) is 24.9. The summed E-state index contributed by atoms with van der Waals surface area (Å²) in [6.45, 7) is 12.7. The van der Waals surface area contributed by atoms with Crippen molar-refractivity contribution in [1.29, 1.82) is 0 Å². The van der Waals surface area contributed by atoms with E-state index in [2.05, 4.69) is 47.4 Å². The number of aliphatic imine (C=N–C) groups is 1. The van der Waals surface area contributed by atoms with E-state index >= 15 is 0 Å². The van der Waals surface area contributed by atoms with Crippen LogP contribution in [0.2, 0.25) is 0 Å². The predicted molar refractivity (Wildman–Crippen MR) is 128 cm³/mol. The van der Waals surface area contributed by atoms with Crippen LogP contribution in [0, 0.1) is 5.92 Å². The number of rotatable bonds is 8. The smallest absolute Gasteiger partial charge is 0.191 e. The molecule has 1 aromatic heterocycles. The molecule has 2 rings (SSSR count). The van der Waals surface area contributed by atoms with Gasteiger partial charge >= 0.3 is 0 Å². The van der Waals surface area contributed by atoms with Gasteiger partial charge in [-0.15, -0.1) is 24.0 Å². The van der Waals surface area contributed by atoms with Crippen molar-refractivity contribution in [1.82, 2.24) is 20.5 Å². The van der Waals surface area contributed by atoms with Crippen LogP contribution in [0.15, 0.2) is 23.3 Å². The molecule has 2 heterocycles. The lowest BCUT2D eigenvalue weighted by atomic mass is 10.2. The van der Waals surface area contributed by atoms with Gasteiger partial charge in [-0.25, -0.2) is 9.98 Å². The first-order valence-electron chi connectivity index (χ1n) is 9.97. The molecule has 1 saturated heterocycles. The Morgan fingerprint density at radius 1 is 1.39 bits per heavy atom. The van der Waals surface area contributed by atoms with Gasteiger partial charge in [0.25, 0.3) is 0 Å². The Bertz CT molecular complexity index is 596. The molecule has 160 valence electrons. The van der Waals surface area contributed by atoms with Crippen LogP contribution >= 0.6 is 24.0 Å². The van der Waals surface area contributed by atoms with Crippen LogP contribution in [-0.2, 0) is 11.3 Å². The molecule has 0 spiro atoms. The van der Waals surface area contributed by atoms with Crippen molar-refractivity contribution in [3.05, 3.63) is 23.9 Å². The molecule has 0 bridgehead atoms. The molecular formula is C20H37IN6O. The van der Waals surface area contributed by atoms with Crippen LogP contribution in [0.1, 0.15) is 26.3 Å². The Balaban J connectivity index is 0.00000392. The van der Waals surface area contributed by atoms with Crippen LogP contribution in [0.4, 0.5) is 5.82 Å². The lowest BCUT2D eigenvalue weighted by Gasteiger charge is -2.34. The second-order valence-corrected chi connectivity index (χ2v) is 7.60. The van der Waals surface area contributed by atoms with Crippen molar-refractivity contribution in [2.24, 2.45) is 10.9 Å². The van der Waals surface area contributed by atoms with Crippen molar-refractivity contribution in [2.45, 2.75) is 33.4 Å². The quantitative estimate of drug-likeness (QED) is 0.322. The third kappa shape index (κ3) is 8.48. The fraction of sp³-hybridized carbons (Fsp3) is 0.700. The van der Waals surface area contributed by atoms with E-state index in [0.29, 0.717) is 12.5 Å². The highest BCUT2D eigenvalue weighted by atomic mass is 127. The summed E-state index contributed by atoms with van der Waals surface area (Å²) in [6, 6.07) is 4.03. The van der Waals surface area contributed by atoms with E-state index in [1.54, 1.807) is 0 Å². The van der Waals surface area contributed by atoms with Gasteiger partial charge in [0.15, 0.2) is 5.96 Å². The maximum absolute atomic E-state index is 5.93. The average molecular weight is 504 g/mol. The Hall–Kier alpha value is -1.13. The van der Waals surface area contributed by atoms with E-state index in [1.807, 2.05) is 31.3 Å². The van der Waals surface area contributed by atoms with E-state index in [9.17, 15) is 0 Å².